The van der Waals surface area contributed by atoms with Crippen LogP contribution in [0.4, 0.5) is 0 Å². The van der Waals surface area contributed by atoms with Gasteiger partial charge in [-0.3, -0.25) is 14.4 Å². The normalized spacial score (nSPS) is 31.8. The highest BCUT2D eigenvalue weighted by atomic mass is 79.9. The van der Waals surface area contributed by atoms with Crippen molar-refractivity contribution in [2.24, 2.45) is 11.8 Å². The number of nitrogens with zero attached hydrogens (tertiary/aromatic N) is 2. The minimum atomic E-state index is -0.782. The van der Waals surface area contributed by atoms with Crippen LogP contribution in [0, 0.1) is 11.8 Å². The van der Waals surface area contributed by atoms with Crippen molar-refractivity contribution < 1.29 is 24.2 Å². The third-order valence-corrected chi connectivity index (χ3v) is 10.7. The maximum atomic E-state index is 14.3. The van der Waals surface area contributed by atoms with E-state index < -0.39 is 28.7 Å². The van der Waals surface area contributed by atoms with Gasteiger partial charge in [-0.25, -0.2) is 0 Å². The molecule has 4 rings (SSSR count). The Morgan fingerprint density at radius 1 is 1.37 bits per heavy atom. The molecule has 1 spiro atoms. The van der Waals surface area contributed by atoms with Gasteiger partial charge in [0, 0.05) is 23.2 Å². The third-order valence-electron chi connectivity index (χ3n) is 7.47. The van der Waals surface area contributed by atoms with E-state index in [0.29, 0.717) is 25.9 Å². The fourth-order valence-electron chi connectivity index (χ4n) is 6.03. The van der Waals surface area contributed by atoms with Crippen LogP contribution in [0.2, 0.25) is 0 Å². The summed E-state index contributed by atoms with van der Waals surface area (Å²) in [5, 5.41) is 10.0. The highest BCUT2D eigenvalue weighted by Gasteiger charge is 2.76. The quantitative estimate of drug-likeness (QED) is 0.267. The molecule has 1 aromatic carbocycles. The van der Waals surface area contributed by atoms with E-state index in [0.717, 1.165) is 5.56 Å². The van der Waals surface area contributed by atoms with Crippen LogP contribution in [-0.4, -0.2) is 79.4 Å². The van der Waals surface area contributed by atoms with Gasteiger partial charge in [0.15, 0.2) is 0 Å². The minimum Gasteiger partial charge on any atom is -0.466 e. The van der Waals surface area contributed by atoms with Crippen molar-refractivity contribution in [3.05, 3.63) is 48.6 Å². The Balaban J connectivity index is 1.78. The van der Waals surface area contributed by atoms with Gasteiger partial charge in [-0.05, 0) is 25.3 Å². The van der Waals surface area contributed by atoms with Crippen molar-refractivity contribution in [1.82, 2.24) is 9.80 Å². The third kappa shape index (κ3) is 4.33. The summed E-state index contributed by atoms with van der Waals surface area (Å²) >= 11 is 5.33. The number of halogens is 1. The summed E-state index contributed by atoms with van der Waals surface area (Å²) in [6.45, 7) is 8.20. The summed E-state index contributed by atoms with van der Waals surface area (Å²) in [6, 6.07) is 8.43. The number of aliphatic hydroxyl groups excluding tert-OH is 1. The molecule has 3 heterocycles. The maximum absolute atomic E-state index is 14.3. The van der Waals surface area contributed by atoms with Gasteiger partial charge in [-0.1, -0.05) is 59.3 Å². The predicted octanol–water partition coefficient (Wildman–Crippen LogP) is 3.00. The summed E-state index contributed by atoms with van der Waals surface area (Å²) < 4.78 is 4.63. The van der Waals surface area contributed by atoms with E-state index in [2.05, 4.69) is 22.5 Å². The average Bonchev–Trinajstić information content (AvgIpc) is 3.44. The number of aliphatic hydroxyl groups is 1. The van der Waals surface area contributed by atoms with E-state index in [-0.39, 0.29) is 41.1 Å². The lowest BCUT2D eigenvalue weighted by Gasteiger charge is -2.39. The zero-order valence-corrected chi connectivity index (χ0v) is 22.5. The smallest absolute Gasteiger partial charge is 0.310 e. The minimum absolute atomic E-state index is 0.0163. The molecule has 3 aliphatic rings. The summed E-state index contributed by atoms with van der Waals surface area (Å²) in [7, 11) is 0. The Labute approximate surface area is 219 Å². The molecule has 3 unspecified atom stereocenters. The molecule has 3 fully saturated rings. The molecule has 190 valence electrons. The molecule has 1 N–H and O–H groups in total. The Hall–Kier alpha value is -1.84. The number of ether oxygens (including phenoxy) is 1. The zero-order chi connectivity index (χ0) is 25.3. The van der Waals surface area contributed by atoms with Crippen LogP contribution >= 0.6 is 27.7 Å². The van der Waals surface area contributed by atoms with E-state index >= 15 is 0 Å². The molecule has 2 bridgehead atoms. The number of rotatable bonds is 10. The van der Waals surface area contributed by atoms with Crippen molar-refractivity contribution in [1.29, 1.82) is 0 Å². The molecular weight excluding hydrogens is 532 g/mol. The second kappa shape index (κ2) is 10.6. The van der Waals surface area contributed by atoms with Crippen molar-refractivity contribution in [3.8, 4) is 0 Å². The largest absolute Gasteiger partial charge is 0.466 e. The number of amides is 2. The number of fused-ring (bicyclic) bond motifs is 1. The number of hydrogen-bond donors (Lipinski definition) is 1. The summed E-state index contributed by atoms with van der Waals surface area (Å²) in [4.78, 5) is 44.7. The highest BCUT2D eigenvalue weighted by Crippen LogP contribution is 2.68. The van der Waals surface area contributed by atoms with Crippen LogP contribution < -0.4 is 0 Å². The molecule has 0 radical (unpaired) electrons. The van der Waals surface area contributed by atoms with Crippen LogP contribution in [-0.2, 0) is 25.7 Å². The van der Waals surface area contributed by atoms with E-state index in [4.69, 9.17) is 4.74 Å². The molecule has 7 nitrogen and oxygen atoms in total. The summed E-state index contributed by atoms with van der Waals surface area (Å²) in [5.41, 5.74) is 0.980. The van der Waals surface area contributed by atoms with Crippen molar-refractivity contribution in [2.75, 3.05) is 19.8 Å². The molecular formula is C26H33BrN2O5S. The number of carbonyl (C=O) groups is 3. The highest BCUT2D eigenvalue weighted by molar-refractivity contribution is 9.09. The van der Waals surface area contributed by atoms with Crippen LogP contribution in [0.3, 0.4) is 0 Å². The van der Waals surface area contributed by atoms with Gasteiger partial charge in [0.25, 0.3) is 0 Å². The monoisotopic (exact) mass is 564 g/mol. The van der Waals surface area contributed by atoms with Crippen LogP contribution in [0.15, 0.2) is 43.0 Å². The fraction of sp³-hybridized carbons (Fsp3) is 0.577. The number of alkyl halides is 1. The number of carbonyl (C=O) groups excluding carboxylic acids is 3. The lowest BCUT2D eigenvalue weighted by Crippen LogP contribution is -2.57. The van der Waals surface area contributed by atoms with Crippen LogP contribution in [0.1, 0.15) is 32.3 Å². The number of benzene rings is 1. The molecule has 3 saturated heterocycles. The standard InChI is InChI=1S/C26H33BrN2O5S/c1-4-12-28(14-16-10-8-7-9-11-16)24(32)22-26-13-18(27)21(35-26)19(25(33)34-6-3)20(26)23(31)29(22)17(5-2)15-30/h4,7-11,17-22,30H,1,5-6,12-15H2,2-3H3/t17-,18?,19-,20-,21-,22?,26?/m0/s1. The number of esters is 1. The Bertz CT molecular complexity index is 974. The molecule has 0 aromatic heterocycles. The van der Waals surface area contributed by atoms with Crippen LogP contribution in [0.25, 0.3) is 0 Å². The van der Waals surface area contributed by atoms with E-state index in [1.165, 1.54) is 0 Å². The molecule has 35 heavy (non-hydrogen) atoms. The van der Waals surface area contributed by atoms with Gasteiger partial charge in [0.1, 0.15) is 6.04 Å². The maximum Gasteiger partial charge on any atom is 0.310 e. The van der Waals surface area contributed by atoms with Crippen molar-refractivity contribution >= 4 is 45.5 Å². The Morgan fingerprint density at radius 3 is 2.69 bits per heavy atom. The van der Waals surface area contributed by atoms with Crippen LogP contribution in [0.5, 0.6) is 0 Å². The lowest BCUT2D eigenvalue weighted by atomic mass is 9.71. The first-order valence-corrected chi connectivity index (χ1v) is 14.0. The molecule has 0 saturated carbocycles. The molecule has 1 aromatic rings. The van der Waals surface area contributed by atoms with Gasteiger partial charge >= 0.3 is 5.97 Å². The molecule has 9 heteroatoms. The van der Waals surface area contributed by atoms with Gasteiger partial charge in [0.05, 0.1) is 35.8 Å². The fourth-order valence-corrected chi connectivity index (χ4v) is 9.61. The van der Waals surface area contributed by atoms with Crippen molar-refractivity contribution in [3.63, 3.8) is 0 Å². The Kier molecular flexibility index (Phi) is 7.98. The van der Waals surface area contributed by atoms with Gasteiger partial charge in [0.2, 0.25) is 11.8 Å². The average molecular weight is 566 g/mol. The first-order valence-electron chi connectivity index (χ1n) is 12.2. The molecule has 0 aliphatic carbocycles. The molecule has 3 aliphatic heterocycles. The number of hydrogen-bond acceptors (Lipinski definition) is 6. The first-order chi connectivity index (χ1) is 16.8. The first kappa shape index (κ1) is 26.2. The van der Waals surface area contributed by atoms with E-state index in [9.17, 15) is 19.5 Å². The van der Waals surface area contributed by atoms with E-state index in [1.807, 2.05) is 37.3 Å². The zero-order valence-electron chi connectivity index (χ0n) is 20.1. The van der Waals surface area contributed by atoms with Crippen molar-refractivity contribution in [2.45, 2.75) is 60.1 Å². The second-order valence-electron chi connectivity index (χ2n) is 9.40. The SMILES string of the molecule is C=CCN(Cc1ccccc1)C(=O)C1N([C@@H](CC)CO)C(=O)[C@@H]2[C@H](C(=O)OCC)[C@H]3SC12CC3Br. The van der Waals surface area contributed by atoms with Gasteiger partial charge in [-0.2, -0.15) is 0 Å². The predicted molar refractivity (Wildman–Crippen MR) is 139 cm³/mol. The topological polar surface area (TPSA) is 87.2 Å². The Morgan fingerprint density at radius 2 is 2.09 bits per heavy atom. The molecule has 7 atom stereocenters. The number of thioether (sulfide) groups is 1. The summed E-state index contributed by atoms with van der Waals surface area (Å²) in [6.07, 6.45) is 2.79. The number of likely N-dealkylation sites (tertiary alicyclic amines) is 1. The van der Waals surface area contributed by atoms with Gasteiger partial charge < -0.3 is 19.6 Å². The second-order valence-corrected chi connectivity index (χ2v) is 12.1. The van der Waals surface area contributed by atoms with Gasteiger partial charge in [-0.15, -0.1) is 18.3 Å². The van der Waals surface area contributed by atoms with E-state index in [1.54, 1.807) is 34.6 Å². The lowest BCUT2D eigenvalue weighted by molar-refractivity contribution is -0.154. The molecule has 2 amide bonds. The summed E-state index contributed by atoms with van der Waals surface area (Å²) in [5.74, 6) is -2.05.